The molecule has 0 aliphatic heterocycles. The molecule has 100 valence electrons. The zero-order valence-electron chi connectivity index (χ0n) is 11.1. The van der Waals surface area contributed by atoms with Gasteiger partial charge in [0.05, 0.1) is 12.8 Å². The van der Waals surface area contributed by atoms with Gasteiger partial charge in [-0.15, -0.1) is 5.10 Å². The van der Waals surface area contributed by atoms with Crippen LogP contribution in [0.2, 0.25) is 0 Å². The smallest absolute Gasteiger partial charge is 0.251 e. The van der Waals surface area contributed by atoms with Crippen LogP contribution in [0.15, 0.2) is 36.5 Å². The highest BCUT2D eigenvalue weighted by molar-refractivity contribution is 5.56. The van der Waals surface area contributed by atoms with E-state index in [-0.39, 0.29) is 0 Å². The molecule has 2 aromatic rings. The maximum absolute atomic E-state index is 4.97. The highest BCUT2D eigenvalue weighted by Gasteiger charge is 2.07. The lowest BCUT2D eigenvalue weighted by Crippen LogP contribution is -2.16. The molecular weight excluding hydrogens is 242 g/mol. The van der Waals surface area contributed by atoms with Gasteiger partial charge in [-0.1, -0.05) is 18.2 Å². The van der Waals surface area contributed by atoms with Gasteiger partial charge in [-0.05, 0) is 12.1 Å². The number of anilines is 3. The summed E-state index contributed by atoms with van der Waals surface area (Å²) >= 11 is 0. The largest absolute Gasteiger partial charge is 0.383 e. The second-order valence-corrected chi connectivity index (χ2v) is 3.96. The molecule has 6 nitrogen and oxygen atoms in total. The third-order valence-electron chi connectivity index (χ3n) is 2.60. The third-order valence-corrected chi connectivity index (χ3v) is 2.60. The van der Waals surface area contributed by atoms with E-state index < -0.39 is 0 Å². The lowest BCUT2D eigenvalue weighted by Gasteiger charge is -2.16. The van der Waals surface area contributed by atoms with E-state index in [1.165, 1.54) is 0 Å². The van der Waals surface area contributed by atoms with Crippen LogP contribution in [0.25, 0.3) is 0 Å². The van der Waals surface area contributed by atoms with Gasteiger partial charge < -0.3 is 15.0 Å². The van der Waals surface area contributed by atoms with Gasteiger partial charge >= 0.3 is 0 Å². The summed E-state index contributed by atoms with van der Waals surface area (Å²) in [4.78, 5) is 6.29. The van der Waals surface area contributed by atoms with E-state index in [1.807, 2.05) is 42.3 Å². The van der Waals surface area contributed by atoms with Gasteiger partial charge in [0.2, 0.25) is 0 Å². The van der Waals surface area contributed by atoms with E-state index in [9.17, 15) is 0 Å². The van der Waals surface area contributed by atoms with Crippen molar-refractivity contribution in [2.24, 2.45) is 0 Å². The molecule has 1 aromatic carbocycles. The molecule has 1 aromatic heterocycles. The molecule has 0 saturated carbocycles. The fourth-order valence-corrected chi connectivity index (χ4v) is 1.57. The first-order valence-electron chi connectivity index (χ1n) is 6.02. The molecule has 1 N–H and O–H groups in total. The molecule has 0 atom stereocenters. The van der Waals surface area contributed by atoms with E-state index in [0.29, 0.717) is 24.9 Å². The minimum Gasteiger partial charge on any atom is -0.383 e. The molecule has 0 aliphatic rings. The van der Waals surface area contributed by atoms with Gasteiger partial charge in [0.15, 0.2) is 5.82 Å². The molecule has 0 unspecified atom stereocenters. The molecule has 0 radical (unpaired) electrons. The number of rotatable bonds is 6. The van der Waals surface area contributed by atoms with E-state index >= 15 is 0 Å². The predicted octanol–water partition coefficient (Wildman–Crippen LogP) is 1.70. The van der Waals surface area contributed by atoms with Crippen LogP contribution < -0.4 is 10.2 Å². The Balaban J connectivity index is 2.10. The minimum absolute atomic E-state index is 0.550. The van der Waals surface area contributed by atoms with Crippen LogP contribution in [0, 0.1) is 0 Å². The summed E-state index contributed by atoms with van der Waals surface area (Å²) < 4.78 is 4.97. The quantitative estimate of drug-likeness (QED) is 0.797. The lowest BCUT2D eigenvalue weighted by molar-refractivity contribution is 0.210. The van der Waals surface area contributed by atoms with Crippen LogP contribution in [0.5, 0.6) is 0 Å². The summed E-state index contributed by atoms with van der Waals surface area (Å²) in [5, 5.41) is 11.1. The van der Waals surface area contributed by atoms with Gasteiger partial charge in [0, 0.05) is 26.4 Å². The average molecular weight is 259 g/mol. The Morgan fingerprint density at radius 3 is 2.79 bits per heavy atom. The number of nitrogens with one attached hydrogen (secondary N) is 1. The zero-order valence-corrected chi connectivity index (χ0v) is 11.1. The lowest BCUT2D eigenvalue weighted by atomic mass is 10.3. The number of para-hydroxylation sites is 1. The van der Waals surface area contributed by atoms with E-state index in [2.05, 4.69) is 20.5 Å². The first-order valence-corrected chi connectivity index (χ1v) is 6.02. The summed E-state index contributed by atoms with van der Waals surface area (Å²) in [6, 6.07) is 9.90. The number of hydrogen-bond donors (Lipinski definition) is 1. The van der Waals surface area contributed by atoms with Gasteiger partial charge in [0.25, 0.3) is 5.95 Å². The molecule has 0 fully saturated rings. The highest BCUT2D eigenvalue weighted by Crippen LogP contribution is 2.19. The summed E-state index contributed by atoms with van der Waals surface area (Å²) in [5.74, 6) is 1.23. The molecule has 0 aliphatic carbocycles. The normalized spacial score (nSPS) is 10.2. The number of nitrogens with zero attached hydrogens (tertiary/aromatic N) is 4. The maximum Gasteiger partial charge on any atom is 0.251 e. The summed E-state index contributed by atoms with van der Waals surface area (Å²) in [6.07, 6.45) is 1.60. The van der Waals surface area contributed by atoms with Crippen molar-refractivity contribution < 1.29 is 4.74 Å². The van der Waals surface area contributed by atoms with Crippen LogP contribution in [-0.4, -0.2) is 42.5 Å². The number of ether oxygens (including phenoxy) is 1. The molecule has 0 bridgehead atoms. The standard InChI is InChI=1S/C13H17N5O/c1-18(11-6-4-3-5-7-11)13-16-12(10-15-17-13)14-8-9-19-2/h3-7,10H,8-9H2,1-2H3,(H,14,16,17). The Labute approximate surface area is 112 Å². The Morgan fingerprint density at radius 1 is 1.26 bits per heavy atom. The summed E-state index contributed by atoms with van der Waals surface area (Å²) in [7, 11) is 3.57. The van der Waals surface area contributed by atoms with Crippen molar-refractivity contribution in [3.05, 3.63) is 36.5 Å². The summed E-state index contributed by atoms with van der Waals surface area (Å²) in [6.45, 7) is 1.30. The Kier molecular flexibility index (Phi) is 4.63. The zero-order chi connectivity index (χ0) is 13.5. The number of aromatic nitrogens is 3. The van der Waals surface area contributed by atoms with Gasteiger partial charge in [-0.2, -0.15) is 10.1 Å². The number of hydrogen-bond acceptors (Lipinski definition) is 6. The van der Waals surface area contributed by atoms with Crippen LogP contribution in [-0.2, 0) is 4.74 Å². The second kappa shape index (κ2) is 6.65. The Bertz CT molecular complexity index is 505. The van der Waals surface area contributed by atoms with Crippen molar-refractivity contribution in [3.63, 3.8) is 0 Å². The van der Waals surface area contributed by atoms with Crippen molar-refractivity contribution in [2.75, 3.05) is 37.5 Å². The summed E-state index contributed by atoms with van der Waals surface area (Å²) in [5.41, 5.74) is 1.01. The van der Waals surface area contributed by atoms with Gasteiger partial charge in [0.1, 0.15) is 0 Å². The molecule has 2 rings (SSSR count). The van der Waals surface area contributed by atoms with Gasteiger partial charge in [-0.25, -0.2) is 0 Å². The average Bonchev–Trinajstić information content (AvgIpc) is 2.48. The molecule has 1 heterocycles. The van der Waals surface area contributed by atoms with Crippen molar-refractivity contribution in [1.29, 1.82) is 0 Å². The fraction of sp³-hybridized carbons (Fsp3) is 0.308. The van der Waals surface area contributed by atoms with Crippen LogP contribution in [0.4, 0.5) is 17.5 Å². The van der Waals surface area contributed by atoms with E-state index in [1.54, 1.807) is 13.3 Å². The van der Waals surface area contributed by atoms with E-state index in [0.717, 1.165) is 5.69 Å². The van der Waals surface area contributed by atoms with Crippen molar-refractivity contribution in [2.45, 2.75) is 0 Å². The maximum atomic E-state index is 4.97. The minimum atomic E-state index is 0.550. The third kappa shape index (κ3) is 3.62. The van der Waals surface area contributed by atoms with Crippen molar-refractivity contribution in [3.8, 4) is 0 Å². The second-order valence-electron chi connectivity index (χ2n) is 3.96. The SMILES string of the molecule is COCCNc1cnnc(N(C)c2ccccc2)n1. The van der Waals surface area contributed by atoms with Crippen LogP contribution in [0.1, 0.15) is 0 Å². The molecule has 19 heavy (non-hydrogen) atoms. The molecular formula is C13H17N5O. The first-order chi connectivity index (χ1) is 9.31. The van der Waals surface area contributed by atoms with Crippen LogP contribution >= 0.6 is 0 Å². The number of methoxy groups -OCH3 is 1. The monoisotopic (exact) mass is 259 g/mol. The van der Waals surface area contributed by atoms with Crippen molar-refractivity contribution >= 4 is 17.5 Å². The van der Waals surface area contributed by atoms with Gasteiger partial charge in [-0.3, -0.25) is 0 Å². The first kappa shape index (κ1) is 13.2. The molecule has 0 spiro atoms. The molecule has 6 heteroatoms. The predicted molar refractivity (Wildman–Crippen MR) is 74.7 cm³/mol. The molecule has 0 amide bonds. The topological polar surface area (TPSA) is 63.2 Å². The Hall–Kier alpha value is -2.21. The highest BCUT2D eigenvalue weighted by atomic mass is 16.5. The Morgan fingerprint density at radius 2 is 2.05 bits per heavy atom. The van der Waals surface area contributed by atoms with Crippen LogP contribution in [0.3, 0.4) is 0 Å². The molecule has 0 saturated heterocycles. The van der Waals surface area contributed by atoms with Crippen molar-refractivity contribution in [1.82, 2.24) is 15.2 Å². The fourth-order valence-electron chi connectivity index (χ4n) is 1.57. The number of benzene rings is 1. The van der Waals surface area contributed by atoms with E-state index in [4.69, 9.17) is 4.74 Å².